The monoisotopic (exact) mass is 343 g/mol. The van der Waals surface area contributed by atoms with Crippen molar-refractivity contribution >= 4 is 33.4 Å². The first-order valence-electron chi connectivity index (χ1n) is 6.66. The molecule has 104 valence electrons. The van der Waals surface area contributed by atoms with Gasteiger partial charge in [-0.1, -0.05) is 15.9 Å². The minimum atomic E-state index is -0.253. The van der Waals surface area contributed by atoms with Crippen molar-refractivity contribution in [2.45, 2.75) is 42.5 Å². The zero-order valence-electron chi connectivity index (χ0n) is 10.7. The molecular weight excluding hydrogens is 326 g/mol. The van der Waals surface area contributed by atoms with Crippen molar-refractivity contribution in [3.05, 3.63) is 22.7 Å². The van der Waals surface area contributed by atoms with Crippen molar-refractivity contribution in [3.63, 3.8) is 0 Å². The summed E-state index contributed by atoms with van der Waals surface area (Å²) in [7, 11) is 0. The quantitative estimate of drug-likeness (QED) is 0.669. The number of halogens is 1. The Hall–Kier alpha value is -0.230. The van der Waals surface area contributed by atoms with Gasteiger partial charge in [0.1, 0.15) is 0 Å². The van der Waals surface area contributed by atoms with E-state index in [9.17, 15) is 0 Å². The van der Waals surface area contributed by atoms with E-state index >= 15 is 0 Å². The van der Waals surface area contributed by atoms with E-state index in [0.717, 1.165) is 33.7 Å². The molecule has 1 unspecified atom stereocenters. The van der Waals surface area contributed by atoms with Gasteiger partial charge >= 0.3 is 0 Å². The van der Waals surface area contributed by atoms with Crippen LogP contribution >= 0.6 is 27.7 Å². The zero-order chi connectivity index (χ0) is 13.3. The molecule has 0 radical (unpaired) electrons. The van der Waals surface area contributed by atoms with E-state index in [1.54, 1.807) is 11.8 Å². The first kappa shape index (κ1) is 13.7. The Morgan fingerprint density at radius 1 is 1.37 bits per heavy atom. The minimum Gasteiger partial charge on any atom is -0.398 e. The van der Waals surface area contributed by atoms with Gasteiger partial charge in [0.25, 0.3) is 0 Å². The van der Waals surface area contributed by atoms with Gasteiger partial charge in [0.2, 0.25) is 0 Å². The molecule has 1 aromatic carbocycles. The maximum absolute atomic E-state index is 6.10. The summed E-state index contributed by atoms with van der Waals surface area (Å²) < 4.78 is 13.0. The molecule has 2 N–H and O–H groups in total. The number of benzene rings is 1. The van der Waals surface area contributed by atoms with Gasteiger partial charge in [-0.25, -0.2) is 0 Å². The highest BCUT2D eigenvalue weighted by Gasteiger charge is 2.43. The summed E-state index contributed by atoms with van der Waals surface area (Å²) in [6.45, 7) is 0.712. The highest BCUT2D eigenvalue weighted by molar-refractivity contribution is 9.10. The number of nitrogen functional groups attached to an aromatic ring is 1. The van der Waals surface area contributed by atoms with E-state index in [4.69, 9.17) is 15.2 Å². The molecule has 2 fully saturated rings. The van der Waals surface area contributed by atoms with E-state index in [0.29, 0.717) is 6.61 Å². The number of rotatable bonds is 3. The molecule has 1 heterocycles. The van der Waals surface area contributed by atoms with Gasteiger partial charge in [-0.15, -0.1) is 11.8 Å². The van der Waals surface area contributed by atoms with Gasteiger partial charge in [0.15, 0.2) is 5.79 Å². The van der Waals surface area contributed by atoms with Gasteiger partial charge in [-0.3, -0.25) is 0 Å². The van der Waals surface area contributed by atoms with E-state index in [2.05, 4.69) is 15.9 Å². The second-order valence-corrected chi connectivity index (χ2v) is 7.14. The average Bonchev–Trinajstić information content (AvgIpc) is 2.99. The average molecular weight is 344 g/mol. The Morgan fingerprint density at radius 3 is 2.89 bits per heavy atom. The van der Waals surface area contributed by atoms with Crippen molar-refractivity contribution < 1.29 is 9.47 Å². The van der Waals surface area contributed by atoms with Crippen LogP contribution in [0.5, 0.6) is 0 Å². The maximum atomic E-state index is 6.10. The number of hydrogen-bond acceptors (Lipinski definition) is 4. The van der Waals surface area contributed by atoms with Crippen LogP contribution in [0.3, 0.4) is 0 Å². The Balaban J connectivity index is 1.55. The van der Waals surface area contributed by atoms with Crippen LogP contribution in [-0.2, 0) is 9.47 Å². The van der Waals surface area contributed by atoms with E-state index in [1.807, 2.05) is 18.2 Å². The van der Waals surface area contributed by atoms with E-state index in [1.165, 1.54) is 12.8 Å². The van der Waals surface area contributed by atoms with Crippen molar-refractivity contribution in [2.75, 3.05) is 18.1 Å². The topological polar surface area (TPSA) is 44.5 Å². The molecule has 0 amide bonds. The first-order chi connectivity index (χ1) is 9.17. The van der Waals surface area contributed by atoms with Crippen LogP contribution in [0, 0.1) is 0 Å². The smallest absolute Gasteiger partial charge is 0.168 e. The van der Waals surface area contributed by atoms with Crippen molar-refractivity contribution in [1.29, 1.82) is 0 Å². The standard InChI is InChI=1S/C14H18BrNO2S/c15-10-3-4-13(12(16)7-10)19-9-11-8-17-14(18-11)5-1-2-6-14/h3-4,7,11H,1-2,5-6,8-9,16H2. The van der Waals surface area contributed by atoms with Gasteiger partial charge in [0.05, 0.1) is 12.7 Å². The molecule has 1 saturated heterocycles. The van der Waals surface area contributed by atoms with Gasteiger partial charge < -0.3 is 15.2 Å². The Morgan fingerprint density at radius 2 is 2.16 bits per heavy atom. The van der Waals surface area contributed by atoms with Crippen LogP contribution in [0.4, 0.5) is 5.69 Å². The van der Waals surface area contributed by atoms with Crippen LogP contribution in [-0.4, -0.2) is 24.3 Å². The Kier molecular flexibility index (Phi) is 4.08. The van der Waals surface area contributed by atoms with Crippen LogP contribution in [0.2, 0.25) is 0 Å². The number of anilines is 1. The predicted molar refractivity (Wildman–Crippen MR) is 81.3 cm³/mol. The van der Waals surface area contributed by atoms with Crippen molar-refractivity contribution in [1.82, 2.24) is 0 Å². The normalized spacial score (nSPS) is 25.2. The summed E-state index contributed by atoms with van der Waals surface area (Å²) in [4.78, 5) is 1.11. The molecular formula is C14H18BrNO2S. The molecule has 1 aliphatic heterocycles. The summed E-state index contributed by atoms with van der Waals surface area (Å²) in [5, 5.41) is 0. The first-order valence-corrected chi connectivity index (χ1v) is 8.44. The molecule has 3 nitrogen and oxygen atoms in total. The molecule has 1 aliphatic carbocycles. The summed E-state index contributed by atoms with van der Waals surface area (Å²) in [5.41, 5.74) is 6.81. The molecule has 3 rings (SSSR count). The molecule has 1 spiro atoms. The largest absolute Gasteiger partial charge is 0.398 e. The van der Waals surface area contributed by atoms with Crippen LogP contribution in [0.15, 0.2) is 27.6 Å². The summed E-state index contributed by atoms with van der Waals surface area (Å²) in [5.74, 6) is 0.643. The maximum Gasteiger partial charge on any atom is 0.168 e. The number of thioether (sulfide) groups is 1. The minimum absolute atomic E-state index is 0.186. The molecule has 0 aromatic heterocycles. The zero-order valence-corrected chi connectivity index (χ0v) is 13.1. The van der Waals surface area contributed by atoms with Crippen molar-refractivity contribution in [2.24, 2.45) is 0 Å². The third-order valence-corrected chi connectivity index (χ3v) is 5.39. The molecule has 2 aliphatic rings. The fraction of sp³-hybridized carbons (Fsp3) is 0.571. The van der Waals surface area contributed by atoms with Gasteiger partial charge in [-0.05, 0) is 31.0 Å². The lowest BCUT2D eigenvalue weighted by molar-refractivity contribution is -0.159. The van der Waals surface area contributed by atoms with Crippen molar-refractivity contribution in [3.8, 4) is 0 Å². The molecule has 1 atom stereocenters. The lowest BCUT2D eigenvalue weighted by Crippen LogP contribution is -2.27. The summed E-state index contributed by atoms with van der Waals surface area (Å²) in [6.07, 6.45) is 4.73. The molecule has 5 heteroatoms. The molecule has 0 bridgehead atoms. The van der Waals surface area contributed by atoms with Crippen LogP contribution in [0.25, 0.3) is 0 Å². The Labute approximate surface area is 126 Å². The van der Waals surface area contributed by atoms with Gasteiger partial charge in [-0.2, -0.15) is 0 Å². The lowest BCUT2D eigenvalue weighted by Gasteiger charge is -2.21. The number of nitrogens with two attached hydrogens (primary N) is 1. The second kappa shape index (κ2) is 5.64. The van der Waals surface area contributed by atoms with Crippen LogP contribution in [0.1, 0.15) is 25.7 Å². The van der Waals surface area contributed by atoms with Gasteiger partial charge in [0, 0.05) is 33.7 Å². The highest BCUT2D eigenvalue weighted by atomic mass is 79.9. The molecule has 19 heavy (non-hydrogen) atoms. The lowest BCUT2D eigenvalue weighted by atomic mass is 10.2. The Bertz CT molecular complexity index is 463. The summed E-state index contributed by atoms with van der Waals surface area (Å²) in [6, 6.07) is 6.00. The highest BCUT2D eigenvalue weighted by Crippen LogP contribution is 2.40. The molecule has 1 aromatic rings. The predicted octanol–water partition coefficient (Wildman–Crippen LogP) is 3.81. The van der Waals surface area contributed by atoms with E-state index in [-0.39, 0.29) is 11.9 Å². The van der Waals surface area contributed by atoms with Crippen LogP contribution < -0.4 is 5.73 Å². The number of ether oxygens (including phenoxy) is 2. The molecule has 1 saturated carbocycles. The third kappa shape index (κ3) is 3.10. The fourth-order valence-electron chi connectivity index (χ4n) is 2.71. The summed E-state index contributed by atoms with van der Waals surface area (Å²) >= 11 is 5.16. The fourth-order valence-corrected chi connectivity index (χ4v) is 4.01. The second-order valence-electron chi connectivity index (χ2n) is 5.16. The van der Waals surface area contributed by atoms with E-state index < -0.39 is 0 Å². The third-order valence-electron chi connectivity index (χ3n) is 3.68. The number of hydrogen-bond donors (Lipinski definition) is 1. The SMILES string of the molecule is Nc1cc(Br)ccc1SCC1COC2(CCCC2)O1.